The van der Waals surface area contributed by atoms with Gasteiger partial charge in [0.25, 0.3) is 0 Å². The van der Waals surface area contributed by atoms with E-state index in [2.05, 4.69) is 9.97 Å². The number of aromatic carboxylic acids is 1. The molecule has 0 aliphatic carbocycles. The van der Waals surface area contributed by atoms with Gasteiger partial charge in [-0.2, -0.15) is 0 Å². The lowest BCUT2D eigenvalue weighted by atomic mass is 10.0. The number of benzene rings is 3. The van der Waals surface area contributed by atoms with Crippen LogP contribution < -0.4 is 10.5 Å². The summed E-state index contributed by atoms with van der Waals surface area (Å²) in [5.41, 5.74) is 8.70. The maximum absolute atomic E-state index is 12.1. The molecule has 34 heavy (non-hydrogen) atoms. The molecule has 2 heterocycles. The van der Waals surface area contributed by atoms with Gasteiger partial charge in [-0.3, -0.25) is 5.41 Å². The van der Waals surface area contributed by atoms with Gasteiger partial charge in [0.2, 0.25) is 0 Å². The summed E-state index contributed by atoms with van der Waals surface area (Å²) in [5.74, 6) is -0.562. The number of carbonyl (C=O) groups is 1. The van der Waals surface area contributed by atoms with Gasteiger partial charge in [-0.25, -0.2) is 14.8 Å². The maximum atomic E-state index is 12.1. The topological polar surface area (TPSA) is 127 Å². The van der Waals surface area contributed by atoms with E-state index in [9.17, 15) is 9.90 Å². The van der Waals surface area contributed by atoms with E-state index in [-0.39, 0.29) is 24.1 Å². The smallest absolute Gasteiger partial charge is 0.352 e. The van der Waals surface area contributed by atoms with Gasteiger partial charge < -0.3 is 20.1 Å². The Kier molecular flexibility index (Phi) is 5.18. The van der Waals surface area contributed by atoms with Gasteiger partial charge >= 0.3 is 12.0 Å². The minimum atomic E-state index is -1.04. The Morgan fingerprint density at radius 2 is 1.91 bits per heavy atom. The molecule has 5 rings (SSSR count). The van der Waals surface area contributed by atoms with Crippen LogP contribution in [0.2, 0.25) is 0 Å². The standard InChI is InChI=1S/C26H21N5O3/c1-15-8-9-29-26(30-15)34-20-10-16-4-2-3-5-21(16)19(11-20)14-31-22-13-18(24(27)28)7-6-17(22)12-23(31)25(32)33/h2-13H,14H2,1H3,(H3,27,28)(H,32,33). The lowest BCUT2D eigenvalue weighted by Crippen LogP contribution is -2.12. The van der Waals surface area contributed by atoms with Crippen molar-refractivity contribution in [2.24, 2.45) is 5.73 Å². The molecular formula is C26H21N5O3. The summed E-state index contributed by atoms with van der Waals surface area (Å²) in [6.07, 6.45) is 1.64. The molecule has 0 radical (unpaired) electrons. The molecule has 0 aliphatic rings. The molecule has 0 bridgehead atoms. The number of fused-ring (bicyclic) bond motifs is 2. The summed E-state index contributed by atoms with van der Waals surface area (Å²) in [6, 6.07) is 20.5. The number of hydrogen-bond donors (Lipinski definition) is 3. The fraction of sp³-hybridized carbons (Fsp3) is 0.0769. The van der Waals surface area contributed by atoms with Crippen LogP contribution in [0.5, 0.6) is 11.8 Å². The van der Waals surface area contributed by atoms with Crippen LogP contribution in [0, 0.1) is 12.3 Å². The number of rotatable bonds is 6. The van der Waals surface area contributed by atoms with Crippen molar-refractivity contribution < 1.29 is 14.6 Å². The first-order valence-corrected chi connectivity index (χ1v) is 10.6. The van der Waals surface area contributed by atoms with Gasteiger partial charge in [-0.1, -0.05) is 36.4 Å². The number of hydrogen-bond acceptors (Lipinski definition) is 5. The van der Waals surface area contributed by atoms with Crippen molar-refractivity contribution in [2.45, 2.75) is 13.5 Å². The Balaban J connectivity index is 1.66. The third-order valence-corrected chi connectivity index (χ3v) is 5.67. The van der Waals surface area contributed by atoms with E-state index in [1.54, 1.807) is 41.1 Å². The van der Waals surface area contributed by atoms with Crippen LogP contribution in [0.4, 0.5) is 0 Å². The molecule has 8 nitrogen and oxygen atoms in total. The third-order valence-electron chi connectivity index (χ3n) is 5.67. The summed E-state index contributed by atoms with van der Waals surface area (Å²) < 4.78 is 7.67. The highest BCUT2D eigenvalue weighted by Gasteiger charge is 2.17. The largest absolute Gasteiger partial charge is 0.477 e. The molecule has 8 heteroatoms. The predicted molar refractivity (Wildman–Crippen MR) is 130 cm³/mol. The van der Waals surface area contributed by atoms with Crippen molar-refractivity contribution in [2.75, 3.05) is 0 Å². The second-order valence-electron chi connectivity index (χ2n) is 7.99. The number of carboxylic acid groups (broad SMARTS) is 1. The predicted octanol–water partition coefficient (Wildman–Crippen LogP) is 4.72. The van der Waals surface area contributed by atoms with E-state index >= 15 is 0 Å². The van der Waals surface area contributed by atoms with E-state index in [4.69, 9.17) is 15.9 Å². The Morgan fingerprint density at radius 1 is 1.09 bits per heavy atom. The zero-order valence-corrected chi connectivity index (χ0v) is 18.3. The summed E-state index contributed by atoms with van der Waals surface area (Å²) >= 11 is 0. The summed E-state index contributed by atoms with van der Waals surface area (Å²) in [4.78, 5) is 20.6. The van der Waals surface area contributed by atoms with Gasteiger partial charge in [-0.15, -0.1) is 0 Å². The van der Waals surface area contributed by atoms with E-state index in [0.717, 1.165) is 27.4 Å². The van der Waals surface area contributed by atoms with Crippen molar-refractivity contribution in [3.05, 3.63) is 95.4 Å². The second-order valence-corrected chi connectivity index (χ2v) is 7.99. The maximum Gasteiger partial charge on any atom is 0.352 e. The molecule has 2 aromatic heterocycles. The van der Waals surface area contributed by atoms with E-state index in [1.165, 1.54) is 0 Å². The number of nitrogens with two attached hydrogens (primary N) is 1. The van der Waals surface area contributed by atoms with Crippen LogP contribution in [-0.2, 0) is 6.54 Å². The number of amidine groups is 1. The molecular weight excluding hydrogens is 430 g/mol. The fourth-order valence-electron chi connectivity index (χ4n) is 4.07. The van der Waals surface area contributed by atoms with Gasteiger partial charge in [0.05, 0.1) is 0 Å². The Labute approximate surface area is 194 Å². The van der Waals surface area contributed by atoms with Gasteiger partial charge in [0.1, 0.15) is 17.3 Å². The molecule has 0 saturated heterocycles. The zero-order valence-electron chi connectivity index (χ0n) is 18.3. The van der Waals surface area contributed by atoms with Crippen molar-refractivity contribution in [3.63, 3.8) is 0 Å². The molecule has 0 fully saturated rings. The molecule has 0 saturated carbocycles. The van der Waals surface area contributed by atoms with Crippen molar-refractivity contribution in [1.82, 2.24) is 14.5 Å². The number of aromatic nitrogens is 3. The first kappa shape index (κ1) is 21.1. The third kappa shape index (κ3) is 3.93. The Hall–Kier alpha value is -4.72. The van der Waals surface area contributed by atoms with Gasteiger partial charge in [0.15, 0.2) is 0 Å². The molecule has 0 spiro atoms. The number of nitrogens with one attached hydrogen (secondary N) is 1. The lowest BCUT2D eigenvalue weighted by Gasteiger charge is -2.14. The van der Waals surface area contributed by atoms with E-state index in [1.807, 2.05) is 43.3 Å². The van der Waals surface area contributed by atoms with Gasteiger partial charge in [0, 0.05) is 34.9 Å². The highest BCUT2D eigenvalue weighted by atomic mass is 16.5. The average molecular weight is 451 g/mol. The number of ether oxygens (including phenoxy) is 1. The van der Waals surface area contributed by atoms with E-state index < -0.39 is 5.97 Å². The lowest BCUT2D eigenvalue weighted by molar-refractivity contribution is 0.0686. The van der Waals surface area contributed by atoms with E-state index in [0.29, 0.717) is 16.8 Å². The Morgan fingerprint density at radius 3 is 2.68 bits per heavy atom. The van der Waals surface area contributed by atoms with Crippen LogP contribution in [0.1, 0.15) is 27.3 Å². The van der Waals surface area contributed by atoms with Crippen molar-refractivity contribution >= 4 is 33.5 Å². The van der Waals surface area contributed by atoms with Crippen LogP contribution in [0.15, 0.2) is 72.9 Å². The highest BCUT2D eigenvalue weighted by Crippen LogP contribution is 2.30. The normalized spacial score (nSPS) is 11.1. The molecule has 0 atom stereocenters. The highest BCUT2D eigenvalue weighted by molar-refractivity contribution is 6.01. The molecule has 0 amide bonds. The Bertz CT molecular complexity index is 1590. The van der Waals surface area contributed by atoms with Crippen molar-refractivity contribution in [3.8, 4) is 11.8 Å². The minimum absolute atomic E-state index is 0.0782. The summed E-state index contributed by atoms with van der Waals surface area (Å²) in [5, 5.41) is 20.3. The first-order valence-electron chi connectivity index (χ1n) is 10.6. The summed E-state index contributed by atoms with van der Waals surface area (Å²) in [6.45, 7) is 2.14. The average Bonchev–Trinajstić information content (AvgIpc) is 3.17. The molecule has 0 unspecified atom stereocenters. The fourth-order valence-corrected chi connectivity index (χ4v) is 4.07. The quantitative estimate of drug-likeness (QED) is 0.253. The SMILES string of the molecule is Cc1ccnc(Oc2cc(Cn3c(C(=O)O)cc4ccc(C(=N)N)cc43)c3ccccc3c2)n1. The van der Waals surface area contributed by atoms with Crippen molar-refractivity contribution in [1.29, 1.82) is 5.41 Å². The first-order chi connectivity index (χ1) is 16.4. The van der Waals surface area contributed by atoms with Crippen LogP contribution in [-0.4, -0.2) is 31.4 Å². The molecule has 168 valence electrons. The summed E-state index contributed by atoms with van der Waals surface area (Å²) in [7, 11) is 0. The van der Waals surface area contributed by atoms with Crippen LogP contribution in [0.25, 0.3) is 21.7 Å². The van der Waals surface area contributed by atoms with Gasteiger partial charge in [-0.05, 0) is 53.6 Å². The second kappa shape index (κ2) is 8.32. The number of nitrogens with zero attached hydrogens (tertiary/aromatic N) is 3. The number of carboxylic acids is 1. The number of nitrogen functional groups attached to an aromatic ring is 1. The minimum Gasteiger partial charge on any atom is -0.477 e. The van der Waals surface area contributed by atoms with Crippen LogP contribution in [0.3, 0.4) is 0 Å². The molecule has 3 aromatic carbocycles. The molecule has 4 N–H and O–H groups in total. The molecule has 0 aliphatic heterocycles. The molecule has 5 aromatic rings. The zero-order chi connectivity index (χ0) is 23.8. The monoisotopic (exact) mass is 451 g/mol. The number of aryl methyl sites for hydroxylation is 1. The van der Waals surface area contributed by atoms with Crippen LogP contribution >= 0.6 is 0 Å².